The largest absolute Gasteiger partial charge is 0.355 e. The van der Waals surface area contributed by atoms with Gasteiger partial charge in [0.1, 0.15) is 0 Å². The van der Waals surface area contributed by atoms with E-state index in [9.17, 15) is 13.2 Å². The Balaban J connectivity index is 2.58. The van der Waals surface area contributed by atoms with Crippen molar-refractivity contribution in [1.82, 2.24) is 9.62 Å². The zero-order valence-electron chi connectivity index (χ0n) is 15.2. The van der Waals surface area contributed by atoms with E-state index < -0.39 is 10.0 Å². The lowest BCUT2D eigenvalue weighted by atomic mass is 9.99. The molecule has 0 aromatic heterocycles. The van der Waals surface area contributed by atoms with Crippen LogP contribution in [-0.4, -0.2) is 38.8 Å². The van der Waals surface area contributed by atoms with E-state index in [0.29, 0.717) is 12.5 Å². The molecule has 0 radical (unpaired) electrons. The van der Waals surface area contributed by atoms with Gasteiger partial charge >= 0.3 is 0 Å². The number of nitrogens with one attached hydrogen (secondary N) is 1. The Bertz CT molecular complexity index is 612. The first-order valence-electron chi connectivity index (χ1n) is 8.61. The number of benzene rings is 1. The van der Waals surface area contributed by atoms with Gasteiger partial charge in [-0.25, -0.2) is 8.42 Å². The normalized spacial score (nSPS) is 13.0. The Morgan fingerprint density at radius 2 is 1.83 bits per heavy atom. The fourth-order valence-electron chi connectivity index (χ4n) is 2.43. The van der Waals surface area contributed by atoms with Gasteiger partial charge in [-0.05, 0) is 31.4 Å². The Hall–Kier alpha value is -1.40. The molecule has 1 amide bonds. The van der Waals surface area contributed by atoms with Gasteiger partial charge in [-0.2, -0.15) is 4.31 Å². The first-order valence-corrected chi connectivity index (χ1v) is 10.0. The standard InChI is InChI=1S/C18H30N2O3S/c1-5-7-8-16(6-2)13-19-18(21)14-20(4)24(22,23)17-11-9-15(3)10-12-17/h9-12,16H,5-8,13-14H2,1-4H3,(H,19,21). The molecule has 0 heterocycles. The van der Waals surface area contributed by atoms with Gasteiger partial charge in [0.05, 0.1) is 11.4 Å². The smallest absolute Gasteiger partial charge is 0.243 e. The van der Waals surface area contributed by atoms with Gasteiger partial charge in [-0.15, -0.1) is 0 Å². The Morgan fingerprint density at radius 1 is 1.21 bits per heavy atom. The Morgan fingerprint density at radius 3 is 2.38 bits per heavy atom. The molecule has 0 aliphatic heterocycles. The van der Waals surface area contributed by atoms with Crippen molar-refractivity contribution in [1.29, 1.82) is 0 Å². The molecule has 0 fully saturated rings. The lowest BCUT2D eigenvalue weighted by molar-refractivity contribution is -0.121. The summed E-state index contributed by atoms with van der Waals surface area (Å²) in [5, 5.41) is 2.86. The van der Waals surface area contributed by atoms with Crippen LogP contribution in [0.1, 0.15) is 45.1 Å². The highest BCUT2D eigenvalue weighted by Crippen LogP contribution is 2.15. The van der Waals surface area contributed by atoms with Crippen molar-refractivity contribution >= 4 is 15.9 Å². The second kappa shape index (κ2) is 9.79. The summed E-state index contributed by atoms with van der Waals surface area (Å²) >= 11 is 0. The molecule has 0 aliphatic carbocycles. The molecular formula is C18H30N2O3S. The number of hydrogen-bond acceptors (Lipinski definition) is 3. The molecule has 0 aliphatic rings. The van der Waals surface area contributed by atoms with E-state index in [-0.39, 0.29) is 17.3 Å². The second-order valence-corrected chi connectivity index (χ2v) is 8.34. The maximum absolute atomic E-state index is 12.5. The number of nitrogens with zero attached hydrogens (tertiary/aromatic N) is 1. The molecule has 0 bridgehead atoms. The van der Waals surface area contributed by atoms with E-state index >= 15 is 0 Å². The lowest BCUT2D eigenvalue weighted by Gasteiger charge is -2.19. The molecule has 0 spiro atoms. The average Bonchev–Trinajstić information content (AvgIpc) is 2.55. The highest BCUT2D eigenvalue weighted by molar-refractivity contribution is 7.89. The van der Waals surface area contributed by atoms with Crippen LogP contribution in [0, 0.1) is 12.8 Å². The third-order valence-electron chi connectivity index (χ3n) is 4.23. The number of aryl methyl sites for hydroxylation is 1. The number of amides is 1. The summed E-state index contributed by atoms with van der Waals surface area (Å²) in [5.74, 6) is 0.191. The second-order valence-electron chi connectivity index (χ2n) is 6.29. The van der Waals surface area contributed by atoms with Crippen molar-refractivity contribution in [3.05, 3.63) is 29.8 Å². The molecule has 136 valence electrons. The highest BCUT2D eigenvalue weighted by Gasteiger charge is 2.22. The van der Waals surface area contributed by atoms with Crippen molar-refractivity contribution in [3.63, 3.8) is 0 Å². The van der Waals surface area contributed by atoms with Gasteiger partial charge in [0.2, 0.25) is 15.9 Å². The van der Waals surface area contributed by atoms with E-state index in [2.05, 4.69) is 19.2 Å². The summed E-state index contributed by atoms with van der Waals surface area (Å²) in [4.78, 5) is 12.3. The number of rotatable bonds is 10. The predicted molar refractivity (Wildman–Crippen MR) is 97.3 cm³/mol. The van der Waals surface area contributed by atoms with Crippen molar-refractivity contribution in [2.45, 2.75) is 51.3 Å². The lowest BCUT2D eigenvalue weighted by Crippen LogP contribution is -2.40. The molecule has 5 nitrogen and oxygen atoms in total. The molecule has 1 N–H and O–H groups in total. The SMILES string of the molecule is CCCCC(CC)CNC(=O)CN(C)S(=O)(=O)c1ccc(C)cc1. The minimum atomic E-state index is -3.64. The van der Waals surface area contributed by atoms with Crippen LogP contribution in [0.4, 0.5) is 0 Å². The summed E-state index contributed by atoms with van der Waals surface area (Å²) < 4.78 is 26.0. The fraction of sp³-hybridized carbons (Fsp3) is 0.611. The fourth-order valence-corrected chi connectivity index (χ4v) is 3.56. The van der Waals surface area contributed by atoms with Crippen molar-refractivity contribution < 1.29 is 13.2 Å². The van der Waals surface area contributed by atoms with Crippen molar-refractivity contribution in [3.8, 4) is 0 Å². The monoisotopic (exact) mass is 354 g/mol. The zero-order chi connectivity index (χ0) is 18.2. The summed E-state index contributed by atoms with van der Waals surface area (Å²) in [6, 6.07) is 6.63. The minimum absolute atomic E-state index is 0.166. The van der Waals surface area contributed by atoms with Crippen LogP contribution < -0.4 is 5.32 Å². The average molecular weight is 355 g/mol. The topological polar surface area (TPSA) is 66.5 Å². The number of carbonyl (C=O) groups is 1. The Labute approximate surface area is 146 Å². The van der Waals surface area contributed by atoms with Crippen molar-refractivity contribution in [2.24, 2.45) is 5.92 Å². The molecule has 1 rings (SSSR count). The molecule has 24 heavy (non-hydrogen) atoms. The number of carbonyl (C=O) groups excluding carboxylic acids is 1. The van der Waals surface area contributed by atoms with Gasteiger partial charge < -0.3 is 5.32 Å². The predicted octanol–water partition coefficient (Wildman–Crippen LogP) is 2.95. The van der Waals surface area contributed by atoms with Crippen LogP contribution in [0.25, 0.3) is 0 Å². The van der Waals surface area contributed by atoms with E-state index in [1.807, 2.05) is 6.92 Å². The molecule has 0 saturated heterocycles. The first kappa shape index (κ1) is 20.6. The molecule has 6 heteroatoms. The first-order chi connectivity index (χ1) is 11.3. The van der Waals surface area contributed by atoms with E-state index in [4.69, 9.17) is 0 Å². The summed E-state index contributed by atoms with van der Waals surface area (Å²) in [6.07, 6.45) is 4.39. The van der Waals surface area contributed by atoms with Crippen LogP contribution in [0.3, 0.4) is 0 Å². The number of hydrogen-bond donors (Lipinski definition) is 1. The number of sulfonamides is 1. The van der Waals surface area contributed by atoms with Gasteiger partial charge in [-0.1, -0.05) is 50.8 Å². The minimum Gasteiger partial charge on any atom is -0.355 e. The summed E-state index contributed by atoms with van der Waals surface area (Å²) in [6.45, 7) is 6.60. The van der Waals surface area contributed by atoms with E-state index in [1.54, 1.807) is 24.3 Å². The maximum Gasteiger partial charge on any atom is 0.243 e. The van der Waals surface area contributed by atoms with E-state index in [0.717, 1.165) is 35.6 Å². The van der Waals surface area contributed by atoms with Gasteiger partial charge in [0.25, 0.3) is 0 Å². The van der Waals surface area contributed by atoms with Gasteiger partial charge in [-0.3, -0.25) is 4.79 Å². The van der Waals surface area contributed by atoms with Crippen LogP contribution in [-0.2, 0) is 14.8 Å². The third-order valence-corrected chi connectivity index (χ3v) is 6.04. The molecular weight excluding hydrogens is 324 g/mol. The molecule has 0 saturated carbocycles. The van der Waals surface area contributed by atoms with Crippen LogP contribution in [0.5, 0.6) is 0 Å². The quantitative estimate of drug-likeness (QED) is 0.702. The maximum atomic E-state index is 12.5. The summed E-state index contributed by atoms with van der Waals surface area (Å²) in [7, 11) is -2.20. The zero-order valence-corrected chi connectivity index (χ0v) is 16.0. The molecule has 1 aromatic rings. The van der Waals surface area contributed by atoms with Crippen LogP contribution >= 0.6 is 0 Å². The van der Waals surface area contributed by atoms with Crippen LogP contribution in [0.2, 0.25) is 0 Å². The third kappa shape index (κ3) is 6.24. The molecule has 1 aromatic carbocycles. The molecule has 1 unspecified atom stereocenters. The van der Waals surface area contributed by atoms with Crippen molar-refractivity contribution in [2.75, 3.05) is 20.1 Å². The number of likely N-dealkylation sites (N-methyl/N-ethyl adjacent to an activating group) is 1. The Kier molecular flexibility index (Phi) is 8.42. The highest BCUT2D eigenvalue weighted by atomic mass is 32.2. The number of unbranched alkanes of at least 4 members (excludes halogenated alkanes) is 1. The van der Waals surface area contributed by atoms with Crippen LogP contribution in [0.15, 0.2) is 29.2 Å². The van der Waals surface area contributed by atoms with Gasteiger partial charge in [0, 0.05) is 13.6 Å². The van der Waals surface area contributed by atoms with Gasteiger partial charge in [0.15, 0.2) is 0 Å². The molecule has 1 atom stereocenters. The summed E-state index contributed by atoms with van der Waals surface area (Å²) in [5.41, 5.74) is 0.993. The van der Waals surface area contributed by atoms with E-state index in [1.165, 1.54) is 7.05 Å².